The zero-order valence-corrected chi connectivity index (χ0v) is 11.1. The molecular weight excluding hydrogens is 254 g/mol. The number of rotatable bonds is 2. The van der Waals surface area contributed by atoms with Crippen molar-refractivity contribution >= 4 is 28.8 Å². The van der Waals surface area contributed by atoms with Crippen LogP contribution in [0.3, 0.4) is 0 Å². The monoisotopic (exact) mass is 265 g/mol. The SMILES string of the molecule is Cc1ccc(C(N)=S)c(-n2cc(Cl)c(C)n2)c1. The Morgan fingerprint density at radius 1 is 1.41 bits per heavy atom. The molecule has 0 saturated heterocycles. The highest BCUT2D eigenvalue weighted by Gasteiger charge is 2.10. The highest BCUT2D eigenvalue weighted by atomic mass is 35.5. The number of benzene rings is 1. The molecular formula is C12H12ClN3S. The second kappa shape index (κ2) is 4.47. The topological polar surface area (TPSA) is 43.8 Å². The summed E-state index contributed by atoms with van der Waals surface area (Å²) in [6.07, 6.45) is 1.76. The first-order valence-corrected chi connectivity index (χ1v) is 5.90. The summed E-state index contributed by atoms with van der Waals surface area (Å²) in [5.74, 6) is 0. The van der Waals surface area contributed by atoms with Crippen LogP contribution in [0.1, 0.15) is 16.8 Å². The van der Waals surface area contributed by atoms with E-state index in [2.05, 4.69) is 5.10 Å². The van der Waals surface area contributed by atoms with Gasteiger partial charge in [0.1, 0.15) is 4.99 Å². The number of halogens is 1. The molecule has 3 nitrogen and oxygen atoms in total. The summed E-state index contributed by atoms with van der Waals surface area (Å²) in [4.78, 5) is 0.351. The highest BCUT2D eigenvalue weighted by Crippen LogP contribution is 2.20. The Bertz CT molecular complexity index is 570. The second-order valence-electron chi connectivity index (χ2n) is 3.89. The molecule has 17 heavy (non-hydrogen) atoms. The molecule has 2 aromatic rings. The van der Waals surface area contributed by atoms with Crippen molar-refractivity contribution in [2.75, 3.05) is 0 Å². The van der Waals surface area contributed by atoms with E-state index in [1.54, 1.807) is 10.9 Å². The fourth-order valence-corrected chi connectivity index (χ4v) is 1.90. The van der Waals surface area contributed by atoms with Crippen molar-refractivity contribution in [2.24, 2.45) is 5.73 Å². The van der Waals surface area contributed by atoms with Crippen LogP contribution < -0.4 is 5.73 Å². The van der Waals surface area contributed by atoms with Gasteiger partial charge in [-0.3, -0.25) is 0 Å². The van der Waals surface area contributed by atoms with E-state index in [4.69, 9.17) is 29.6 Å². The Morgan fingerprint density at radius 2 is 2.12 bits per heavy atom. The lowest BCUT2D eigenvalue weighted by Gasteiger charge is -2.09. The maximum Gasteiger partial charge on any atom is 0.106 e. The average Bonchev–Trinajstić information content (AvgIpc) is 2.58. The number of aryl methyl sites for hydroxylation is 2. The van der Waals surface area contributed by atoms with Crippen molar-refractivity contribution in [3.05, 3.63) is 46.2 Å². The van der Waals surface area contributed by atoms with Crippen LogP contribution in [-0.4, -0.2) is 14.8 Å². The van der Waals surface area contributed by atoms with Gasteiger partial charge in [0.05, 0.1) is 16.4 Å². The number of nitrogens with two attached hydrogens (primary N) is 1. The lowest BCUT2D eigenvalue weighted by Crippen LogP contribution is -2.13. The predicted octanol–water partition coefficient (Wildman–Crippen LogP) is 2.78. The van der Waals surface area contributed by atoms with E-state index < -0.39 is 0 Å². The summed E-state index contributed by atoms with van der Waals surface area (Å²) in [6.45, 7) is 3.86. The zero-order chi connectivity index (χ0) is 12.6. The first kappa shape index (κ1) is 12.1. The largest absolute Gasteiger partial charge is 0.389 e. The molecule has 88 valence electrons. The molecule has 0 aliphatic carbocycles. The maximum absolute atomic E-state index is 6.00. The first-order chi connectivity index (χ1) is 7.99. The Labute approximate surface area is 110 Å². The average molecular weight is 266 g/mol. The van der Waals surface area contributed by atoms with Gasteiger partial charge in [-0.2, -0.15) is 5.10 Å². The molecule has 0 aliphatic heterocycles. The van der Waals surface area contributed by atoms with E-state index in [0.717, 1.165) is 22.5 Å². The van der Waals surface area contributed by atoms with Gasteiger partial charge in [0.15, 0.2) is 0 Å². The fourth-order valence-electron chi connectivity index (χ4n) is 1.60. The third-order valence-corrected chi connectivity index (χ3v) is 3.10. The summed E-state index contributed by atoms with van der Waals surface area (Å²) in [7, 11) is 0. The third-order valence-electron chi connectivity index (χ3n) is 2.50. The fraction of sp³-hybridized carbons (Fsp3) is 0.167. The van der Waals surface area contributed by atoms with E-state index in [1.165, 1.54) is 0 Å². The number of hydrogen-bond donors (Lipinski definition) is 1. The molecule has 0 amide bonds. The van der Waals surface area contributed by atoms with E-state index in [-0.39, 0.29) is 0 Å². The minimum absolute atomic E-state index is 0.351. The minimum atomic E-state index is 0.351. The van der Waals surface area contributed by atoms with Gasteiger partial charge in [0.2, 0.25) is 0 Å². The quantitative estimate of drug-likeness (QED) is 0.850. The van der Waals surface area contributed by atoms with Gasteiger partial charge in [-0.15, -0.1) is 0 Å². The predicted molar refractivity (Wildman–Crippen MR) is 73.9 cm³/mol. The molecule has 0 aliphatic rings. The normalized spacial score (nSPS) is 10.5. The summed E-state index contributed by atoms with van der Waals surface area (Å²) in [6, 6.07) is 5.85. The molecule has 0 unspecified atom stereocenters. The molecule has 0 spiro atoms. The van der Waals surface area contributed by atoms with Gasteiger partial charge in [-0.05, 0) is 31.5 Å². The zero-order valence-electron chi connectivity index (χ0n) is 9.57. The lowest BCUT2D eigenvalue weighted by atomic mass is 10.1. The van der Waals surface area contributed by atoms with Crippen LogP contribution in [0, 0.1) is 13.8 Å². The third kappa shape index (κ3) is 2.33. The van der Waals surface area contributed by atoms with Gasteiger partial charge in [-0.25, -0.2) is 4.68 Å². The Balaban J connectivity index is 2.64. The maximum atomic E-state index is 6.00. The molecule has 0 atom stereocenters. The Kier molecular flexibility index (Phi) is 3.17. The molecule has 5 heteroatoms. The molecule has 2 rings (SSSR count). The van der Waals surface area contributed by atoms with Gasteiger partial charge in [0, 0.05) is 11.8 Å². The van der Waals surface area contributed by atoms with Gasteiger partial charge in [-0.1, -0.05) is 29.9 Å². The van der Waals surface area contributed by atoms with Crippen molar-refractivity contribution < 1.29 is 0 Å². The minimum Gasteiger partial charge on any atom is -0.389 e. The molecule has 0 saturated carbocycles. The summed E-state index contributed by atoms with van der Waals surface area (Å²) < 4.78 is 1.71. The Hall–Kier alpha value is -1.39. The smallest absolute Gasteiger partial charge is 0.106 e. The van der Waals surface area contributed by atoms with Crippen molar-refractivity contribution in [3.63, 3.8) is 0 Å². The number of thiocarbonyl (C=S) groups is 1. The summed E-state index contributed by atoms with van der Waals surface area (Å²) >= 11 is 11.0. The second-order valence-corrected chi connectivity index (χ2v) is 4.74. The van der Waals surface area contributed by atoms with E-state index >= 15 is 0 Å². The van der Waals surface area contributed by atoms with Crippen LogP contribution in [0.25, 0.3) is 5.69 Å². The van der Waals surface area contributed by atoms with Crippen molar-refractivity contribution in [1.29, 1.82) is 0 Å². The van der Waals surface area contributed by atoms with Crippen molar-refractivity contribution in [3.8, 4) is 5.69 Å². The molecule has 2 N–H and O–H groups in total. The van der Waals surface area contributed by atoms with Crippen molar-refractivity contribution in [2.45, 2.75) is 13.8 Å². The van der Waals surface area contributed by atoms with Crippen LogP contribution in [-0.2, 0) is 0 Å². The van der Waals surface area contributed by atoms with E-state index in [1.807, 2.05) is 32.0 Å². The van der Waals surface area contributed by atoms with E-state index in [0.29, 0.717) is 10.0 Å². The molecule has 0 fully saturated rings. The standard InChI is InChI=1S/C12H12ClN3S/c1-7-3-4-9(12(14)17)11(5-7)16-6-10(13)8(2)15-16/h3-6H,1-2H3,(H2,14,17). The molecule has 1 heterocycles. The van der Waals surface area contributed by atoms with Gasteiger partial charge >= 0.3 is 0 Å². The molecule has 1 aromatic heterocycles. The number of hydrogen-bond acceptors (Lipinski definition) is 2. The van der Waals surface area contributed by atoms with Crippen LogP contribution in [0.4, 0.5) is 0 Å². The first-order valence-electron chi connectivity index (χ1n) is 5.11. The number of nitrogens with zero attached hydrogens (tertiary/aromatic N) is 2. The van der Waals surface area contributed by atoms with Crippen LogP contribution in [0.2, 0.25) is 5.02 Å². The van der Waals surface area contributed by atoms with Gasteiger partial charge in [0.25, 0.3) is 0 Å². The summed E-state index contributed by atoms with van der Waals surface area (Å²) in [5.41, 5.74) is 9.25. The van der Waals surface area contributed by atoms with Crippen LogP contribution >= 0.6 is 23.8 Å². The van der Waals surface area contributed by atoms with E-state index in [9.17, 15) is 0 Å². The van der Waals surface area contributed by atoms with Gasteiger partial charge < -0.3 is 5.73 Å². The summed E-state index contributed by atoms with van der Waals surface area (Å²) in [5, 5.41) is 4.96. The highest BCUT2D eigenvalue weighted by molar-refractivity contribution is 7.80. The Morgan fingerprint density at radius 3 is 2.65 bits per heavy atom. The van der Waals surface area contributed by atoms with Crippen LogP contribution in [0.15, 0.2) is 24.4 Å². The lowest BCUT2D eigenvalue weighted by molar-refractivity contribution is 0.860. The van der Waals surface area contributed by atoms with Crippen LogP contribution in [0.5, 0.6) is 0 Å². The molecule has 1 aromatic carbocycles. The number of aromatic nitrogens is 2. The van der Waals surface area contributed by atoms with Crippen molar-refractivity contribution in [1.82, 2.24) is 9.78 Å². The molecule has 0 radical (unpaired) electrons. The molecule has 0 bridgehead atoms.